The molecule has 0 bridgehead atoms. The van der Waals surface area contributed by atoms with Crippen LogP contribution in [-0.4, -0.2) is 32.8 Å². The first-order valence-corrected chi connectivity index (χ1v) is 7.54. The minimum Gasteiger partial charge on any atom is -0.313 e. The molecule has 2 aliphatic rings. The van der Waals surface area contributed by atoms with E-state index in [2.05, 4.69) is 10.0 Å². The summed E-state index contributed by atoms with van der Waals surface area (Å²) in [7, 11) is -3.06. The highest BCUT2D eigenvalue weighted by Gasteiger charge is 2.25. The van der Waals surface area contributed by atoms with Crippen molar-refractivity contribution >= 4 is 10.0 Å². The van der Waals surface area contributed by atoms with E-state index in [1.807, 2.05) is 0 Å². The minimum absolute atomic E-state index is 0.170. The van der Waals surface area contributed by atoms with Gasteiger partial charge in [0.25, 0.3) is 0 Å². The molecule has 1 aliphatic carbocycles. The molecular weight excluding hydrogens is 212 g/mol. The fraction of sp³-hybridized carbons (Fsp3) is 1.00. The number of hydrogen-bond acceptors (Lipinski definition) is 3. The van der Waals surface area contributed by atoms with Gasteiger partial charge in [0.15, 0.2) is 0 Å². The van der Waals surface area contributed by atoms with Crippen LogP contribution in [-0.2, 0) is 10.0 Å². The molecule has 0 aromatic heterocycles. The predicted molar refractivity (Wildman–Crippen MR) is 60.2 cm³/mol. The van der Waals surface area contributed by atoms with Gasteiger partial charge in [-0.05, 0) is 32.2 Å². The third kappa shape index (κ3) is 3.43. The first-order valence-electron chi connectivity index (χ1n) is 5.89. The van der Waals surface area contributed by atoms with E-state index in [1.54, 1.807) is 0 Å². The van der Waals surface area contributed by atoms with Crippen LogP contribution in [0.4, 0.5) is 0 Å². The van der Waals surface area contributed by atoms with Crippen LogP contribution in [0.25, 0.3) is 0 Å². The third-order valence-electron chi connectivity index (χ3n) is 3.28. The molecule has 1 saturated heterocycles. The normalized spacial score (nSPS) is 28.7. The van der Waals surface area contributed by atoms with E-state index in [1.165, 1.54) is 0 Å². The van der Waals surface area contributed by atoms with Crippen molar-refractivity contribution in [2.75, 3.05) is 12.3 Å². The zero-order chi connectivity index (χ0) is 10.7. The molecule has 1 unspecified atom stereocenters. The van der Waals surface area contributed by atoms with Crippen LogP contribution >= 0.6 is 0 Å². The van der Waals surface area contributed by atoms with Gasteiger partial charge in [0.2, 0.25) is 10.0 Å². The maximum Gasteiger partial charge on any atom is 0.213 e. The van der Waals surface area contributed by atoms with Crippen molar-refractivity contribution < 1.29 is 8.42 Å². The number of hydrogen-bond donors (Lipinski definition) is 2. The van der Waals surface area contributed by atoms with Crippen LogP contribution in [0, 0.1) is 0 Å². The summed E-state index contributed by atoms with van der Waals surface area (Å²) in [4.78, 5) is 0. The Morgan fingerprint density at radius 1 is 1.13 bits per heavy atom. The van der Waals surface area contributed by atoms with Gasteiger partial charge in [0.1, 0.15) is 0 Å². The maximum atomic E-state index is 11.8. The van der Waals surface area contributed by atoms with Crippen LogP contribution < -0.4 is 10.0 Å². The molecule has 0 radical (unpaired) electrons. The van der Waals surface area contributed by atoms with Crippen LogP contribution in [0.15, 0.2) is 0 Å². The van der Waals surface area contributed by atoms with Crippen LogP contribution in [0.3, 0.4) is 0 Å². The van der Waals surface area contributed by atoms with Crippen molar-refractivity contribution in [1.29, 1.82) is 0 Å². The van der Waals surface area contributed by atoms with E-state index >= 15 is 0 Å². The Morgan fingerprint density at radius 2 is 1.87 bits per heavy atom. The Bertz CT molecular complexity index is 267. The monoisotopic (exact) mass is 232 g/mol. The van der Waals surface area contributed by atoms with E-state index in [0.29, 0.717) is 0 Å². The number of rotatable bonds is 4. The Kier molecular flexibility index (Phi) is 3.64. The molecule has 15 heavy (non-hydrogen) atoms. The molecule has 1 atom stereocenters. The number of sulfonamides is 1. The maximum absolute atomic E-state index is 11.8. The number of nitrogens with one attached hydrogen (secondary N) is 2. The lowest BCUT2D eigenvalue weighted by Crippen LogP contribution is -2.40. The summed E-state index contributed by atoms with van der Waals surface area (Å²) in [5.41, 5.74) is 0. The fourth-order valence-electron chi connectivity index (χ4n) is 2.51. The molecule has 0 aromatic rings. The lowest BCUT2D eigenvalue weighted by Gasteiger charge is -2.15. The predicted octanol–water partition coefficient (Wildman–Crippen LogP) is 0.600. The van der Waals surface area contributed by atoms with Crippen LogP contribution in [0.2, 0.25) is 0 Å². The standard InChI is InChI=1S/C10H20N2O2S/c13-15(14,8-10-6-3-7-11-10)12-9-4-1-2-5-9/h9-12H,1-8H2. The summed E-state index contributed by atoms with van der Waals surface area (Å²) >= 11 is 0. The summed E-state index contributed by atoms with van der Waals surface area (Å²) in [5.74, 6) is 0.253. The summed E-state index contributed by atoms with van der Waals surface area (Å²) in [6.45, 7) is 0.962. The highest BCUT2D eigenvalue weighted by atomic mass is 32.2. The second-order valence-electron chi connectivity index (χ2n) is 4.67. The molecule has 2 rings (SSSR count). The van der Waals surface area contributed by atoms with Crippen molar-refractivity contribution in [1.82, 2.24) is 10.0 Å². The van der Waals surface area contributed by atoms with Crippen LogP contribution in [0.5, 0.6) is 0 Å². The van der Waals surface area contributed by atoms with Gasteiger partial charge in [-0.2, -0.15) is 0 Å². The van der Waals surface area contributed by atoms with E-state index < -0.39 is 10.0 Å². The largest absolute Gasteiger partial charge is 0.313 e. The zero-order valence-electron chi connectivity index (χ0n) is 9.04. The topological polar surface area (TPSA) is 58.2 Å². The van der Waals surface area contributed by atoms with Crippen LogP contribution in [0.1, 0.15) is 38.5 Å². The molecule has 0 spiro atoms. The van der Waals surface area contributed by atoms with Gasteiger partial charge < -0.3 is 5.32 Å². The highest BCUT2D eigenvalue weighted by molar-refractivity contribution is 7.89. The first kappa shape index (κ1) is 11.4. The smallest absolute Gasteiger partial charge is 0.213 e. The molecule has 1 saturated carbocycles. The fourth-order valence-corrected chi connectivity index (χ4v) is 4.16. The average molecular weight is 232 g/mol. The molecule has 4 nitrogen and oxygen atoms in total. The second kappa shape index (κ2) is 4.80. The molecule has 0 amide bonds. The van der Waals surface area contributed by atoms with E-state index in [9.17, 15) is 8.42 Å². The third-order valence-corrected chi connectivity index (χ3v) is 4.82. The zero-order valence-corrected chi connectivity index (χ0v) is 9.85. The van der Waals surface area contributed by atoms with Gasteiger partial charge in [-0.15, -0.1) is 0 Å². The quantitative estimate of drug-likeness (QED) is 0.746. The molecule has 1 aliphatic heterocycles. The first-order chi connectivity index (χ1) is 7.16. The molecule has 1 heterocycles. The Balaban J connectivity index is 1.82. The molecule has 88 valence electrons. The lowest BCUT2D eigenvalue weighted by molar-refractivity contribution is 0.539. The van der Waals surface area contributed by atoms with E-state index in [4.69, 9.17) is 0 Å². The summed E-state index contributed by atoms with van der Waals surface area (Å²) in [6.07, 6.45) is 6.44. The molecule has 0 aromatic carbocycles. The van der Waals surface area contributed by atoms with Gasteiger partial charge in [0, 0.05) is 12.1 Å². The summed E-state index contributed by atoms with van der Waals surface area (Å²) in [6, 6.07) is 0.375. The van der Waals surface area contributed by atoms with Gasteiger partial charge in [0.05, 0.1) is 5.75 Å². The molecule has 5 heteroatoms. The second-order valence-corrected chi connectivity index (χ2v) is 6.47. The van der Waals surface area contributed by atoms with Gasteiger partial charge in [-0.1, -0.05) is 12.8 Å². The molecular formula is C10H20N2O2S. The highest BCUT2D eigenvalue weighted by Crippen LogP contribution is 2.19. The van der Waals surface area contributed by atoms with E-state index in [0.717, 1.165) is 45.1 Å². The average Bonchev–Trinajstić information content (AvgIpc) is 2.75. The van der Waals surface area contributed by atoms with Crippen molar-refractivity contribution in [3.8, 4) is 0 Å². The Labute approximate surface area is 91.9 Å². The van der Waals surface area contributed by atoms with Gasteiger partial charge in [-0.25, -0.2) is 13.1 Å². The van der Waals surface area contributed by atoms with Gasteiger partial charge in [-0.3, -0.25) is 0 Å². The van der Waals surface area contributed by atoms with Gasteiger partial charge >= 0.3 is 0 Å². The summed E-state index contributed by atoms with van der Waals surface area (Å²) in [5, 5.41) is 3.22. The minimum atomic E-state index is -3.06. The van der Waals surface area contributed by atoms with Crippen molar-refractivity contribution in [3.05, 3.63) is 0 Å². The molecule has 2 N–H and O–H groups in total. The molecule has 2 fully saturated rings. The van der Waals surface area contributed by atoms with Crippen molar-refractivity contribution in [2.24, 2.45) is 0 Å². The van der Waals surface area contributed by atoms with Crippen molar-refractivity contribution in [2.45, 2.75) is 50.6 Å². The Morgan fingerprint density at radius 3 is 2.47 bits per heavy atom. The van der Waals surface area contributed by atoms with Crippen molar-refractivity contribution in [3.63, 3.8) is 0 Å². The Hall–Kier alpha value is -0.130. The summed E-state index contributed by atoms with van der Waals surface area (Å²) < 4.78 is 26.4. The van der Waals surface area contributed by atoms with E-state index in [-0.39, 0.29) is 17.8 Å². The lowest BCUT2D eigenvalue weighted by atomic mass is 10.3. The SMILES string of the molecule is O=S(=O)(CC1CCCN1)NC1CCCC1.